The molecule has 0 fully saturated rings. The highest BCUT2D eigenvalue weighted by atomic mass is 16.4. The first-order chi connectivity index (χ1) is 11.0. The van der Waals surface area contributed by atoms with Crippen LogP contribution < -0.4 is 5.32 Å². The van der Waals surface area contributed by atoms with Gasteiger partial charge in [-0.15, -0.1) is 0 Å². The summed E-state index contributed by atoms with van der Waals surface area (Å²) in [5, 5.41) is 2.65. The second-order valence-corrected chi connectivity index (χ2v) is 5.71. The van der Waals surface area contributed by atoms with E-state index in [9.17, 15) is 9.59 Å². The minimum absolute atomic E-state index is 0.0238. The highest BCUT2D eigenvalue weighted by Gasteiger charge is 2.30. The van der Waals surface area contributed by atoms with Crippen LogP contribution in [0.1, 0.15) is 36.3 Å². The number of benzene rings is 1. The SMILES string of the molecule is CC(=O)N1CCc2ccccc2C1CC(=O)Nc1ncc(C)o1. The lowest BCUT2D eigenvalue weighted by atomic mass is 9.90. The van der Waals surface area contributed by atoms with E-state index in [1.54, 1.807) is 18.0 Å². The molecule has 1 aliphatic rings. The fraction of sp³-hybridized carbons (Fsp3) is 0.353. The van der Waals surface area contributed by atoms with E-state index in [1.165, 1.54) is 12.5 Å². The Bertz CT molecular complexity index is 738. The number of aryl methyl sites for hydroxylation is 1. The van der Waals surface area contributed by atoms with Gasteiger partial charge < -0.3 is 9.32 Å². The van der Waals surface area contributed by atoms with Gasteiger partial charge in [-0.3, -0.25) is 14.9 Å². The van der Waals surface area contributed by atoms with Gasteiger partial charge in [0.15, 0.2) is 0 Å². The standard InChI is InChI=1S/C17H19N3O3/c1-11-10-18-17(23-11)19-16(22)9-15-14-6-4-3-5-13(14)7-8-20(15)12(2)21/h3-6,10,15H,7-9H2,1-2H3,(H,18,19,22). The quantitative estimate of drug-likeness (QED) is 0.944. The molecule has 1 N–H and O–H groups in total. The molecule has 1 unspecified atom stereocenters. The van der Waals surface area contributed by atoms with E-state index in [4.69, 9.17) is 4.42 Å². The molecule has 23 heavy (non-hydrogen) atoms. The first kappa shape index (κ1) is 15.3. The zero-order valence-corrected chi connectivity index (χ0v) is 13.2. The maximum Gasteiger partial charge on any atom is 0.301 e. The Morgan fingerprint density at radius 3 is 2.87 bits per heavy atom. The second-order valence-electron chi connectivity index (χ2n) is 5.71. The first-order valence-electron chi connectivity index (χ1n) is 7.62. The van der Waals surface area contributed by atoms with Crippen molar-refractivity contribution in [2.45, 2.75) is 32.7 Å². The third kappa shape index (κ3) is 3.26. The molecular weight excluding hydrogens is 294 g/mol. The van der Waals surface area contributed by atoms with Crippen LogP contribution in [0.4, 0.5) is 6.01 Å². The number of nitrogens with zero attached hydrogens (tertiary/aromatic N) is 2. The molecule has 0 saturated heterocycles. The zero-order chi connectivity index (χ0) is 16.4. The summed E-state index contributed by atoms with van der Waals surface area (Å²) in [5.74, 6) is 0.387. The average molecular weight is 313 g/mol. The number of oxazole rings is 1. The van der Waals surface area contributed by atoms with E-state index >= 15 is 0 Å². The van der Waals surface area contributed by atoms with Crippen molar-refractivity contribution in [2.75, 3.05) is 11.9 Å². The summed E-state index contributed by atoms with van der Waals surface area (Å²) >= 11 is 0. The van der Waals surface area contributed by atoms with Crippen molar-refractivity contribution >= 4 is 17.8 Å². The molecule has 120 valence electrons. The van der Waals surface area contributed by atoms with Crippen LogP contribution in [0, 0.1) is 6.92 Å². The normalized spacial score (nSPS) is 16.8. The lowest BCUT2D eigenvalue weighted by Crippen LogP contribution is -2.40. The predicted octanol–water partition coefficient (Wildman–Crippen LogP) is 2.46. The van der Waals surface area contributed by atoms with E-state index in [1.807, 2.05) is 18.2 Å². The second kappa shape index (κ2) is 6.24. The van der Waals surface area contributed by atoms with Gasteiger partial charge in [-0.05, 0) is 24.5 Å². The van der Waals surface area contributed by atoms with Crippen molar-refractivity contribution in [3.8, 4) is 0 Å². The number of aromatic nitrogens is 1. The largest absolute Gasteiger partial charge is 0.429 e. The van der Waals surface area contributed by atoms with Gasteiger partial charge in [0.1, 0.15) is 5.76 Å². The Morgan fingerprint density at radius 1 is 1.39 bits per heavy atom. The number of carbonyl (C=O) groups excluding carboxylic acids is 2. The molecule has 0 bridgehead atoms. The third-order valence-corrected chi connectivity index (χ3v) is 4.06. The summed E-state index contributed by atoms with van der Waals surface area (Å²) in [6.45, 7) is 3.93. The van der Waals surface area contributed by atoms with Crippen LogP contribution >= 0.6 is 0 Å². The van der Waals surface area contributed by atoms with Gasteiger partial charge in [0.25, 0.3) is 0 Å². The molecule has 2 heterocycles. The molecule has 6 heteroatoms. The molecule has 1 atom stereocenters. The van der Waals surface area contributed by atoms with E-state index < -0.39 is 0 Å². The Morgan fingerprint density at radius 2 is 2.17 bits per heavy atom. The number of amides is 2. The van der Waals surface area contributed by atoms with Gasteiger partial charge in [-0.2, -0.15) is 0 Å². The Hall–Kier alpha value is -2.63. The van der Waals surface area contributed by atoms with E-state index in [0.717, 1.165) is 12.0 Å². The van der Waals surface area contributed by atoms with E-state index in [-0.39, 0.29) is 30.3 Å². The summed E-state index contributed by atoms with van der Waals surface area (Å²) in [6.07, 6.45) is 2.54. The number of anilines is 1. The zero-order valence-electron chi connectivity index (χ0n) is 13.2. The first-order valence-corrected chi connectivity index (χ1v) is 7.62. The average Bonchev–Trinajstić information content (AvgIpc) is 2.92. The Labute approximate surface area is 134 Å². The van der Waals surface area contributed by atoms with Crippen LogP contribution in [-0.4, -0.2) is 28.2 Å². The summed E-state index contributed by atoms with van der Waals surface area (Å²) in [6, 6.07) is 7.88. The number of nitrogens with one attached hydrogen (secondary N) is 1. The molecule has 2 amide bonds. The van der Waals surface area contributed by atoms with Crippen LogP contribution in [0.5, 0.6) is 0 Å². The summed E-state index contributed by atoms with van der Waals surface area (Å²) in [4.78, 5) is 30.0. The Kier molecular flexibility index (Phi) is 4.14. The fourth-order valence-electron chi connectivity index (χ4n) is 3.01. The van der Waals surface area contributed by atoms with Gasteiger partial charge in [0, 0.05) is 13.5 Å². The smallest absolute Gasteiger partial charge is 0.301 e. The number of carbonyl (C=O) groups is 2. The lowest BCUT2D eigenvalue weighted by Gasteiger charge is -2.36. The monoisotopic (exact) mass is 313 g/mol. The maximum atomic E-state index is 12.3. The molecule has 1 aliphatic heterocycles. The molecule has 1 aromatic carbocycles. The van der Waals surface area contributed by atoms with Crippen LogP contribution in [0.2, 0.25) is 0 Å². The number of hydrogen-bond acceptors (Lipinski definition) is 4. The van der Waals surface area contributed by atoms with Crippen molar-refractivity contribution in [1.82, 2.24) is 9.88 Å². The van der Waals surface area contributed by atoms with Crippen molar-refractivity contribution in [1.29, 1.82) is 0 Å². The predicted molar refractivity (Wildman–Crippen MR) is 84.8 cm³/mol. The molecular formula is C17H19N3O3. The van der Waals surface area contributed by atoms with Crippen LogP contribution in [0.15, 0.2) is 34.9 Å². The molecule has 0 spiro atoms. The van der Waals surface area contributed by atoms with Crippen LogP contribution in [0.3, 0.4) is 0 Å². The molecule has 0 saturated carbocycles. The van der Waals surface area contributed by atoms with Gasteiger partial charge in [-0.25, -0.2) is 4.98 Å². The third-order valence-electron chi connectivity index (χ3n) is 4.06. The highest BCUT2D eigenvalue weighted by molar-refractivity contribution is 5.89. The van der Waals surface area contributed by atoms with Crippen molar-refractivity contribution in [3.63, 3.8) is 0 Å². The Balaban J connectivity index is 1.80. The van der Waals surface area contributed by atoms with Gasteiger partial charge in [0.2, 0.25) is 11.8 Å². The van der Waals surface area contributed by atoms with Crippen LogP contribution in [-0.2, 0) is 16.0 Å². The van der Waals surface area contributed by atoms with Crippen molar-refractivity contribution in [2.24, 2.45) is 0 Å². The van der Waals surface area contributed by atoms with Crippen molar-refractivity contribution in [3.05, 3.63) is 47.3 Å². The molecule has 1 aromatic heterocycles. The summed E-state index contributed by atoms with van der Waals surface area (Å²) in [5.41, 5.74) is 2.22. The minimum Gasteiger partial charge on any atom is -0.429 e. The topological polar surface area (TPSA) is 75.4 Å². The van der Waals surface area contributed by atoms with Crippen LogP contribution in [0.25, 0.3) is 0 Å². The highest BCUT2D eigenvalue weighted by Crippen LogP contribution is 2.32. The maximum absolute atomic E-state index is 12.3. The van der Waals surface area contributed by atoms with Gasteiger partial charge in [0.05, 0.1) is 18.7 Å². The van der Waals surface area contributed by atoms with E-state index in [0.29, 0.717) is 12.3 Å². The van der Waals surface area contributed by atoms with Gasteiger partial charge in [-0.1, -0.05) is 24.3 Å². The molecule has 6 nitrogen and oxygen atoms in total. The minimum atomic E-state index is -0.256. The number of fused-ring (bicyclic) bond motifs is 1. The number of rotatable bonds is 3. The molecule has 0 aliphatic carbocycles. The molecule has 0 radical (unpaired) electrons. The fourth-order valence-corrected chi connectivity index (χ4v) is 3.01. The number of hydrogen-bond donors (Lipinski definition) is 1. The van der Waals surface area contributed by atoms with E-state index in [2.05, 4.69) is 16.4 Å². The van der Waals surface area contributed by atoms with Gasteiger partial charge >= 0.3 is 6.01 Å². The molecule has 3 rings (SSSR count). The molecule has 2 aromatic rings. The summed E-state index contributed by atoms with van der Waals surface area (Å²) in [7, 11) is 0. The van der Waals surface area contributed by atoms with Crippen molar-refractivity contribution < 1.29 is 14.0 Å². The lowest BCUT2D eigenvalue weighted by molar-refractivity contribution is -0.132. The summed E-state index contributed by atoms with van der Waals surface area (Å²) < 4.78 is 5.26.